The molecule has 0 fully saturated rings. The van der Waals surface area contributed by atoms with E-state index in [1.807, 2.05) is 27.7 Å². The van der Waals surface area contributed by atoms with Crippen molar-refractivity contribution < 1.29 is 18.0 Å². The molecule has 1 atom stereocenters. The number of aryl methyl sites for hydroxylation is 2. The van der Waals surface area contributed by atoms with E-state index in [2.05, 4.69) is 5.32 Å². The molecule has 0 saturated carbocycles. The van der Waals surface area contributed by atoms with E-state index in [0.717, 1.165) is 15.4 Å². The highest BCUT2D eigenvalue weighted by molar-refractivity contribution is 7.92. The van der Waals surface area contributed by atoms with Crippen molar-refractivity contribution in [2.45, 2.75) is 64.6 Å². The number of hydrogen-bond acceptors (Lipinski definition) is 4. The number of benzene rings is 3. The maximum absolute atomic E-state index is 14.1. The van der Waals surface area contributed by atoms with E-state index in [0.29, 0.717) is 32.7 Å². The quantitative estimate of drug-likeness (QED) is 0.251. The predicted octanol–water partition coefficient (Wildman–Crippen LogP) is 6.79. The Morgan fingerprint density at radius 1 is 0.878 bits per heavy atom. The molecule has 0 saturated heterocycles. The topological polar surface area (TPSA) is 86.8 Å². The zero-order valence-corrected chi connectivity index (χ0v) is 26.7. The number of anilines is 1. The van der Waals surface area contributed by atoms with Gasteiger partial charge in [0.1, 0.15) is 12.6 Å². The number of hydrogen-bond donors (Lipinski definition) is 1. The summed E-state index contributed by atoms with van der Waals surface area (Å²) < 4.78 is 29.0. The summed E-state index contributed by atoms with van der Waals surface area (Å²) in [6.07, 6.45) is 0.305. The van der Waals surface area contributed by atoms with Crippen LogP contribution in [0.1, 0.15) is 43.9 Å². The molecule has 0 heterocycles. The van der Waals surface area contributed by atoms with Gasteiger partial charge in [-0.15, -0.1) is 0 Å². The van der Waals surface area contributed by atoms with Crippen molar-refractivity contribution in [1.82, 2.24) is 10.2 Å². The molecule has 41 heavy (non-hydrogen) atoms. The smallest absolute Gasteiger partial charge is 0.264 e. The lowest BCUT2D eigenvalue weighted by Gasteiger charge is -2.33. The average Bonchev–Trinajstić information content (AvgIpc) is 2.90. The molecule has 11 heteroatoms. The summed E-state index contributed by atoms with van der Waals surface area (Å²) in [7, 11) is -4.20. The van der Waals surface area contributed by atoms with Crippen molar-refractivity contribution >= 4 is 62.3 Å². The number of carbonyl (C=O) groups is 2. The van der Waals surface area contributed by atoms with Crippen LogP contribution in [0.3, 0.4) is 0 Å². The standard InChI is InChI=1S/C30H34Cl3N3O4S/c1-6-28(30(38)34-19(2)3)35(17-22-8-14-26(32)27(33)16-22)29(37)18-36(24-11-7-20(4)21(5)15-24)41(39,40)25-12-9-23(31)10-13-25/h7-16,19,28H,6,17-18H2,1-5H3,(H,34,38). The maximum atomic E-state index is 14.1. The second-order valence-corrected chi connectivity index (χ2v) is 13.2. The molecule has 0 aliphatic carbocycles. The number of nitrogens with one attached hydrogen (secondary N) is 1. The minimum absolute atomic E-state index is 0.0154. The molecule has 3 aromatic carbocycles. The average molecular weight is 639 g/mol. The first-order valence-electron chi connectivity index (χ1n) is 13.1. The minimum Gasteiger partial charge on any atom is -0.352 e. The van der Waals surface area contributed by atoms with Crippen LogP contribution in [0.4, 0.5) is 5.69 Å². The van der Waals surface area contributed by atoms with Crippen LogP contribution in [0.25, 0.3) is 0 Å². The van der Waals surface area contributed by atoms with E-state index in [4.69, 9.17) is 34.8 Å². The van der Waals surface area contributed by atoms with Crippen LogP contribution in [-0.4, -0.2) is 43.8 Å². The van der Waals surface area contributed by atoms with Crippen LogP contribution in [0, 0.1) is 13.8 Å². The second kappa shape index (κ2) is 13.9. The number of carbonyl (C=O) groups excluding carboxylic acids is 2. The normalized spacial score (nSPS) is 12.2. The van der Waals surface area contributed by atoms with E-state index < -0.39 is 28.5 Å². The van der Waals surface area contributed by atoms with E-state index in [9.17, 15) is 18.0 Å². The second-order valence-electron chi connectivity index (χ2n) is 10.1. The van der Waals surface area contributed by atoms with Crippen molar-refractivity contribution in [3.63, 3.8) is 0 Å². The Balaban J connectivity index is 2.10. The molecule has 3 rings (SSSR count). The molecule has 1 unspecified atom stereocenters. The van der Waals surface area contributed by atoms with E-state index in [1.165, 1.54) is 29.2 Å². The van der Waals surface area contributed by atoms with Crippen molar-refractivity contribution in [2.24, 2.45) is 0 Å². The summed E-state index contributed by atoms with van der Waals surface area (Å²) in [5.41, 5.74) is 2.80. The van der Waals surface area contributed by atoms with Crippen molar-refractivity contribution in [3.05, 3.63) is 92.4 Å². The van der Waals surface area contributed by atoms with Gasteiger partial charge in [-0.1, -0.05) is 53.9 Å². The van der Waals surface area contributed by atoms with Crippen molar-refractivity contribution in [2.75, 3.05) is 10.8 Å². The molecule has 0 spiro atoms. The summed E-state index contributed by atoms with van der Waals surface area (Å²) >= 11 is 18.4. The Morgan fingerprint density at radius 2 is 1.54 bits per heavy atom. The molecule has 1 N–H and O–H groups in total. The Bertz CT molecular complexity index is 1510. The zero-order valence-electron chi connectivity index (χ0n) is 23.6. The highest BCUT2D eigenvalue weighted by Crippen LogP contribution is 2.28. The number of amides is 2. The summed E-state index contributed by atoms with van der Waals surface area (Å²) in [5.74, 6) is -0.896. The lowest BCUT2D eigenvalue weighted by Crippen LogP contribution is -2.53. The Labute approximate surface area is 257 Å². The Hall–Kier alpha value is -2.78. The van der Waals surface area contributed by atoms with Crippen LogP contribution in [0.15, 0.2) is 65.6 Å². The van der Waals surface area contributed by atoms with Gasteiger partial charge in [-0.25, -0.2) is 8.42 Å². The van der Waals surface area contributed by atoms with Gasteiger partial charge in [0.2, 0.25) is 11.8 Å². The summed E-state index contributed by atoms with van der Waals surface area (Å²) in [6, 6.07) is 14.9. The maximum Gasteiger partial charge on any atom is 0.264 e. The van der Waals surface area contributed by atoms with Gasteiger partial charge in [0, 0.05) is 17.6 Å². The molecular weight excluding hydrogens is 605 g/mol. The van der Waals surface area contributed by atoms with E-state index in [1.54, 1.807) is 43.3 Å². The third-order valence-electron chi connectivity index (χ3n) is 6.61. The van der Waals surface area contributed by atoms with Gasteiger partial charge in [-0.05, 0) is 99.3 Å². The molecule has 7 nitrogen and oxygen atoms in total. The third kappa shape index (κ3) is 8.16. The molecule has 0 aliphatic heterocycles. The van der Waals surface area contributed by atoms with Gasteiger partial charge in [-0.2, -0.15) is 0 Å². The predicted molar refractivity (Wildman–Crippen MR) is 166 cm³/mol. The highest BCUT2D eigenvalue weighted by Gasteiger charge is 2.34. The molecule has 0 radical (unpaired) electrons. The van der Waals surface area contributed by atoms with Crippen LogP contribution >= 0.6 is 34.8 Å². The molecule has 0 aromatic heterocycles. The lowest BCUT2D eigenvalue weighted by atomic mass is 10.1. The fraction of sp³-hybridized carbons (Fsp3) is 0.333. The van der Waals surface area contributed by atoms with Gasteiger partial charge in [-0.3, -0.25) is 13.9 Å². The van der Waals surface area contributed by atoms with Crippen LogP contribution < -0.4 is 9.62 Å². The molecule has 220 valence electrons. The first kappa shape index (κ1) is 32.7. The van der Waals surface area contributed by atoms with Crippen LogP contribution in [0.5, 0.6) is 0 Å². The monoisotopic (exact) mass is 637 g/mol. The third-order valence-corrected chi connectivity index (χ3v) is 9.39. The number of halogens is 3. The number of sulfonamides is 1. The van der Waals surface area contributed by atoms with Gasteiger partial charge < -0.3 is 10.2 Å². The first-order valence-corrected chi connectivity index (χ1v) is 15.7. The van der Waals surface area contributed by atoms with Crippen molar-refractivity contribution in [1.29, 1.82) is 0 Å². The molecule has 0 bridgehead atoms. The van der Waals surface area contributed by atoms with E-state index in [-0.39, 0.29) is 23.4 Å². The molecule has 3 aromatic rings. The largest absolute Gasteiger partial charge is 0.352 e. The van der Waals surface area contributed by atoms with Crippen LogP contribution in [0.2, 0.25) is 15.1 Å². The fourth-order valence-electron chi connectivity index (χ4n) is 4.28. The summed E-state index contributed by atoms with van der Waals surface area (Å²) in [5, 5.41) is 3.91. The van der Waals surface area contributed by atoms with Crippen molar-refractivity contribution in [3.8, 4) is 0 Å². The number of rotatable bonds is 11. The summed E-state index contributed by atoms with van der Waals surface area (Å²) in [6.45, 7) is 8.72. The van der Waals surface area contributed by atoms with Gasteiger partial charge >= 0.3 is 0 Å². The minimum atomic E-state index is -4.20. The van der Waals surface area contributed by atoms with Gasteiger partial charge in [0.15, 0.2) is 0 Å². The highest BCUT2D eigenvalue weighted by atomic mass is 35.5. The first-order chi connectivity index (χ1) is 19.2. The molecule has 0 aliphatic rings. The lowest BCUT2D eigenvalue weighted by molar-refractivity contribution is -0.140. The SMILES string of the molecule is CCC(C(=O)NC(C)C)N(Cc1ccc(Cl)c(Cl)c1)C(=O)CN(c1ccc(C)c(C)c1)S(=O)(=O)c1ccc(Cl)cc1. The zero-order chi connectivity index (χ0) is 30.5. The number of nitrogens with zero attached hydrogens (tertiary/aromatic N) is 2. The fourth-order valence-corrected chi connectivity index (χ4v) is 6.13. The molecule has 2 amide bonds. The van der Waals surface area contributed by atoms with Gasteiger partial charge in [0.05, 0.1) is 20.6 Å². The Kier molecular flexibility index (Phi) is 11.1. The molecular formula is C30H34Cl3N3O4S. The van der Waals surface area contributed by atoms with Gasteiger partial charge in [0.25, 0.3) is 10.0 Å². The Morgan fingerprint density at radius 3 is 2.10 bits per heavy atom. The summed E-state index contributed by atoms with van der Waals surface area (Å²) in [4.78, 5) is 28.7. The van der Waals surface area contributed by atoms with Crippen LogP contribution in [-0.2, 0) is 26.2 Å². The van der Waals surface area contributed by atoms with E-state index >= 15 is 0 Å².